The molecule has 0 bridgehead atoms. The molecule has 0 atom stereocenters. The lowest BCUT2D eigenvalue weighted by Gasteiger charge is -2.18. The molecule has 0 amide bonds. The van der Waals surface area contributed by atoms with Gasteiger partial charge >= 0.3 is 26.1 Å². The fourth-order valence-corrected chi connectivity index (χ4v) is 1.66. The number of hydrogen-bond donors (Lipinski definition) is 0. The van der Waals surface area contributed by atoms with E-state index in [4.69, 9.17) is 0 Å². The van der Waals surface area contributed by atoms with E-state index in [0.717, 1.165) is 0 Å². The van der Waals surface area contributed by atoms with Crippen molar-refractivity contribution < 1.29 is 49.3 Å². The summed E-state index contributed by atoms with van der Waals surface area (Å²) in [7, 11) is -5.26. The lowest BCUT2D eigenvalue weighted by atomic mass is 10.7. The molecule has 0 fully saturated rings. The van der Waals surface area contributed by atoms with E-state index in [9.17, 15) is 35.7 Å². The fourth-order valence-electron chi connectivity index (χ4n) is 0.552. The molecule has 0 rings (SSSR count). The third-order valence-electron chi connectivity index (χ3n) is 1.01. The maximum atomic E-state index is 11.7. The lowest BCUT2D eigenvalue weighted by Crippen LogP contribution is -2.21. The van der Waals surface area contributed by atoms with Gasteiger partial charge in [-0.3, -0.25) is 13.8 Å². The van der Waals surface area contributed by atoms with E-state index >= 15 is 0 Å². The first-order valence-electron chi connectivity index (χ1n) is 4.06. The summed E-state index contributed by atoms with van der Waals surface area (Å²) >= 11 is 0. The van der Waals surface area contributed by atoms with Crippen LogP contribution >= 0.6 is 7.82 Å². The normalized spacial score (nSPS) is 13.5. The molecule has 0 aromatic carbocycles. The van der Waals surface area contributed by atoms with Crippen molar-refractivity contribution in [2.45, 2.75) is 19.3 Å². The highest BCUT2D eigenvalue weighted by atomic mass is 31.2. The number of rotatable bonds is 5. The number of hydrogen-bond acceptors (Lipinski definition) is 5. The highest BCUT2D eigenvalue weighted by Crippen LogP contribution is 2.51. The average molecular weight is 304 g/mol. The highest BCUT2D eigenvalue weighted by Gasteiger charge is 2.41. The third kappa shape index (κ3) is 9.25. The summed E-state index contributed by atoms with van der Waals surface area (Å²) in [4.78, 5) is 10.4. The molecule has 0 aromatic rings. The third-order valence-corrected chi connectivity index (χ3v) is 2.38. The molecule has 0 saturated heterocycles. The number of carbonyl (C=O) groups excluding carboxylic acids is 1. The second-order valence-electron chi connectivity index (χ2n) is 2.81. The van der Waals surface area contributed by atoms with Crippen molar-refractivity contribution in [3.8, 4) is 0 Å². The SMILES string of the molecule is CC(=O)OP(=O)(OCC(F)(F)F)OCC(F)(F)F. The molecular weight excluding hydrogens is 297 g/mol. The summed E-state index contributed by atoms with van der Waals surface area (Å²) < 4.78 is 92.5. The Labute approximate surface area is 96.6 Å². The number of halogens is 6. The van der Waals surface area contributed by atoms with Gasteiger partial charge in [-0.15, -0.1) is 0 Å². The number of carbonyl (C=O) groups is 1. The zero-order valence-electron chi connectivity index (χ0n) is 8.67. The van der Waals surface area contributed by atoms with Crippen LogP contribution < -0.4 is 0 Å². The van der Waals surface area contributed by atoms with E-state index < -0.39 is 39.4 Å². The molecule has 0 aliphatic heterocycles. The first kappa shape index (κ1) is 17.2. The van der Waals surface area contributed by atoms with Gasteiger partial charge in [0, 0.05) is 6.92 Å². The Morgan fingerprint density at radius 2 is 1.33 bits per heavy atom. The summed E-state index contributed by atoms with van der Waals surface area (Å²) in [6.45, 7) is -3.76. The van der Waals surface area contributed by atoms with Crippen molar-refractivity contribution in [2.24, 2.45) is 0 Å². The van der Waals surface area contributed by atoms with Gasteiger partial charge in [0.1, 0.15) is 0 Å². The molecule has 0 aromatic heterocycles. The summed E-state index contributed by atoms with van der Waals surface area (Å²) in [5.74, 6) is -1.41. The van der Waals surface area contributed by atoms with Gasteiger partial charge in [0.25, 0.3) is 0 Å². The molecule has 0 aliphatic rings. The van der Waals surface area contributed by atoms with Crippen LogP contribution in [0, 0.1) is 0 Å². The summed E-state index contributed by atoms with van der Waals surface area (Å²) in [5.41, 5.74) is 0. The number of phosphoric ester groups is 1. The molecule has 18 heavy (non-hydrogen) atoms. The molecule has 0 radical (unpaired) electrons. The predicted octanol–water partition coefficient (Wildman–Crippen LogP) is 2.82. The Hall–Kier alpha value is -0.800. The quantitative estimate of drug-likeness (QED) is 0.577. The van der Waals surface area contributed by atoms with Gasteiger partial charge in [0.2, 0.25) is 0 Å². The summed E-state index contributed by atoms with van der Waals surface area (Å²) in [6.07, 6.45) is -9.95. The first-order chi connectivity index (χ1) is 7.83. The van der Waals surface area contributed by atoms with Crippen LogP contribution in [-0.4, -0.2) is 31.5 Å². The van der Waals surface area contributed by atoms with Crippen molar-refractivity contribution in [3.05, 3.63) is 0 Å². The van der Waals surface area contributed by atoms with Gasteiger partial charge in [0.15, 0.2) is 13.2 Å². The maximum Gasteiger partial charge on any atom is 0.532 e. The molecule has 0 N–H and O–H groups in total. The van der Waals surface area contributed by atoms with Crippen LogP contribution in [0.5, 0.6) is 0 Å². The fraction of sp³-hybridized carbons (Fsp3) is 0.833. The molecular formula is C6H7F6O5P. The summed E-state index contributed by atoms with van der Waals surface area (Å²) in [5, 5.41) is 0. The van der Waals surface area contributed by atoms with Crippen molar-refractivity contribution in [1.29, 1.82) is 0 Å². The maximum absolute atomic E-state index is 11.7. The highest BCUT2D eigenvalue weighted by molar-refractivity contribution is 7.49. The van der Waals surface area contributed by atoms with Crippen LogP contribution in [0.15, 0.2) is 0 Å². The largest absolute Gasteiger partial charge is 0.532 e. The van der Waals surface area contributed by atoms with Crippen molar-refractivity contribution >= 4 is 13.8 Å². The molecule has 12 heteroatoms. The van der Waals surface area contributed by atoms with E-state index in [0.29, 0.717) is 6.92 Å². The monoisotopic (exact) mass is 304 g/mol. The molecule has 0 heterocycles. The molecule has 108 valence electrons. The Kier molecular flexibility index (Phi) is 5.63. The van der Waals surface area contributed by atoms with Crippen molar-refractivity contribution in [3.63, 3.8) is 0 Å². The van der Waals surface area contributed by atoms with Crippen LogP contribution in [0.4, 0.5) is 26.3 Å². The van der Waals surface area contributed by atoms with Crippen LogP contribution in [0.3, 0.4) is 0 Å². The van der Waals surface area contributed by atoms with Crippen molar-refractivity contribution in [2.75, 3.05) is 13.2 Å². The summed E-state index contributed by atoms with van der Waals surface area (Å²) in [6, 6.07) is 0. The van der Waals surface area contributed by atoms with Gasteiger partial charge in [-0.1, -0.05) is 0 Å². The zero-order valence-corrected chi connectivity index (χ0v) is 9.56. The van der Waals surface area contributed by atoms with E-state index in [1.54, 1.807) is 0 Å². The van der Waals surface area contributed by atoms with Gasteiger partial charge in [-0.05, 0) is 0 Å². The van der Waals surface area contributed by atoms with Crippen LogP contribution in [0.2, 0.25) is 0 Å². The molecule has 0 unspecified atom stereocenters. The van der Waals surface area contributed by atoms with Gasteiger partial charge < -0.3 is 4.52 Å². The minimum absolute atomic E-state index is 0.612. The molecule has 5 nitrogen and oxygen atoms in total. The van der Waals surface area contributed by atoms with Gasteiger partial charge in [-0.2, -0.15) is 26.3 Å². The Balaban J connectivity index is 4.63. The van der Waals surface area contributed by atoms with Crippen LogP contribution in [0.25, 0.3) is 0 Å². The van der Waals surface area contributed by atoms with Gasteiger partial charge in [0.05, 0.1) is 0 Å². The average Bonchev–Trinajstić information content (AvgIpc) is 2.09. The smallest absolute Gasteiger partial charge is 0.371 e. The lowest BCUT2D eigenvalue weighted by molar-refractivity contribution is -0.172. The van der Waals surface area contributed by atoms with Crippen LogP contribution in [-0.2, 0) is 22.9 Å². The van der Waals surface area contributed by atoms with E-state index in [2.05, 4.69) is 13.6 Å². The van der Waals surface area contributed by atoms with E-state index in [1.807, 2.05) is 0 Å². The topological polar surface area (TPSA) is 61.8 Å². The standard InChI is InChI=1S/C6H7F6O5P/c1-4(13)17-18(14,15-2-5(7,8)9)16-3-6(10,11)12/h2-3H2,1H3. The van der Waals surface area contributed by atoms with Crippen molar-refractivity contribution in [1.82, 2.24) is 0 Å². The second-order valence-corrected chi connectivity index (χ2v) is 4.40. The molecule has 0 spiro atoms. The molecule has 0 saturated carbocycles. The Morgan fingerprint density at radius 1 is 1.00 bits per heavy atom. The number of alkyl halides is 6. The molecule has 0 aliphatic carbocycles. The second kappa shape index (κ2) is 5.89. The van der Waals surface area contributed by atoms with E-state index in [1.165, 1.54) is 0 Å². The minimum Gasteiger partial charge on any atom is -0.371 e. The first-order valence-corrected chi connectivity index (χ1v) is 5.52. The Morgan fingerprint density at radius 3 is 1.56 bits per heavy atom. The van der Waals surface area contributed by atoms with Crippen LogP contribution in [0.1, 0.15) is 6.92 Å². The van der Waals surface area contributed by atoms with Gasteiger partial charge in [-0.25, -0.2) is 4.57 Å². The Bertz CT molecular complexity index is 314. The van der Waals surface area contributed by atoms with E-state index in [-0.39, 0.29) is 0 Å². The number of phosphoric acid groups is 1. The predicted molar refractivity (Wildman–Crippen MR) is 43.4 cm³/mol. The zero-order chi connectivity index (χ0) is 14.6. The minimum atomic E-state index is -5.26.